The highest BCUT2D eigenvalue weighted by atomic mass is 35.5. The molecule has 0 radical (unpaired) electrons. The third-order valence-electron chi connectivity index (χ3n) is 2.80. The summed E-state index contributed by atoms with van der Waals surface area (Å²) in [6.45, 7) is 0. The number of hydrogen-bond acceptors (Lipinski definition) is 2. The molecule has 0 aromatic heterocycles. The van der Waals surface area contributed by atoms with Crippen LogP contribution in [0.1, 0.15) is 15.9 Å². The minimum absolute atomic E-state index is 0. The minimum atomic E-state index is -0.442. The van der Waals surface area contributed by atoms with Crippen LogP contribution in [0.5, 0.6) is 0 Å². The Hall–Kier alpha value is -1.64. The van der Waals surface area contributed by atoms with Gasteiger partial charge in [0.05, 0.1) is 0 Å². The van der Waals surface area contributed by atoms with Gasteiger partial charge in [0.1, 0.15) is 0 Å². The van der Waals surface area contributed by atoms with Crippen molar-refractivity contribution in [2.75, 3.05) is 0 Å². The third kappa shape index (κ3) is 2.17. The Balaban J connectivity index is 0.000000810. The number of carbonyl (C=O) groups is 2. The summed E-state index contributed by atoms with van der Waals surface area (Å²) in [5.41, 5.74) is 1.33. The molecule has 4 heteroatoms. The number of fused-ring (bicyclic) bond motifs is 2. The van der Waals surface area contributed by atoms with E-state index < -0.39 is 11.6 Å². The van der Waals surface area contributed by atoms with Crippen LogP contribution in [0, 0.1) is 0 Å². The van der Waals surface area contributed by atoms with Gasteiger partial charge in [0.25, 0.3) is 0 Å². The molecule has 1 aliphatic carbocycles. The number of ketones is 2. The lowest BCUT2D eigenvalue weighted by atomic mass is 9.92. The molecule has 0 spiro atoms. The molecule has 0 fully saturated rings. The number of carbonyl (C=O) groups excluding carboxylic acids is 2. The van der Waals surface area contributed by atoms with E-state index in [4.69, 9.17) is 0 Å². The van der Waals surface area contributed by atoms with Crippen LogP contribution in [-0.2, 0) is 4.79 Å². The average Bonchev–Trinajstić information content (AvgIpc) is 2.32. The van der Waals surface area contributed by atoms with Crippen molar-refractivity contribution in [3.05, 3.63) is 53.6 Å². The van der Waals surface area contributed by atoms with E-state index in [0.29, 0.717) is 5.56 Å². The van der Waals surface area contributed by atoms with Crippen LogP contribution in [0.4, 0.5) is 0 Å². The maximum atomic E-state index is 11.7. The number of benzene rings is 2. The van der Waals surface area contributed by atoms with Crippen LogP contribution < -0.4 is 0 Å². The quantitative estimate of drug-likeness (QED) is 0.693. The van der Waals surface area contributed by atoms with Crippen molar-refractivity contribution >= 4 is 53.2 Å². The van der Waals surface area contributed by atoms with Crippen molar-refractivity contribution in [1.82, 2.24) is 0 Å². The topological polar surface area (TPSA) is 34.1 Å². The highest BCUT2D eigenvalue weighted by molar-refractivity contribution is 6.50. The fourth-order valence-electron chi connectivity index (χ4n) is 1.97. The van der Waals surface area contributed by atoms with E-state index in [-0.39, 0.29) is 24.8 Å². The largest absolute Gasteiger partial charge is 0.286 e. The molecule has 0 saturated heterocycles. The Labute approximate surface area is 117 Å². The summed E-state index contributed by atoms with van der Waals surface area (Å²) in [5.74, 6) is -0.856. The summed E-state index contributed by atoms with van der Waals surface area (Å²) in [6.07, 6.45) is 3.03. The highest BCUT2D eigenvalue weighted by Gasteiger charge is 2.20. The molecule has 2 nitrogen and oxygen atoms in total. The summed E-state index contributed by atoms with van der Waals surface area (Å²) >= 11 is 0. The SMILES string of the molecule is Cl.Cl.O=C1C=Cc2cc3ccccc3cc2C1=O. The van der Waals surface area contributed by atoms with Gasteiger partial charge in [-0.15, -0.1) is 24.8 Å². The van der Waals surface area contributed by atoms with Crippen LogP contribution in [0.15, 0.2) is 42.5 Å². The Morgan fingerprint density at radius 1 is 0.778 bits per heavy atom. The molecule has 92 valence electrons. The van der Waals surface area contributed by atoms with Crippen molar-refractivity contribution in [3.63, 3.8) is 0 Å². The van der Waals surface area contributed by atoms with Gasteiger partial charge in [-0.3, -0.25) is 9.59 Å². The van der Waals surface area contributed by atoms with E-state index in [2.05, 4.69) is 0 Å². The van der Waals surface area contributed by atoms with E-state index in [1.54, 1.807) is 12.1 Å². The first-order valence-electron chi connectivity index (χ1n) is 5.05. The van der Waals surface area contributed by atoms with Crippen LogP contribution >= 0.6 is 24.8 Å². The van der Waals surface area contributed by atoms with Crippen LogP contribution in [0.3, 0.4) is 0 Å². The maximum absolute atomic E-state index is 11.7. The van der Waals surface area contributed by atoms with Gasteiger partial charge in [0.2, 0.25) is 11.6 Å². The number of hydrogen-bond donors (Lipinski definition) is 0. The van der Waals surface area contributed by atoms with Crippen molar-refractivity contribution in [2.24, 2.45) is 0 Å². The summed E-state index contributed by atoms with van der Waals surface area (Å²) in [6, 6.07) is 11.5. The molecule has 0 bridgehead atoms. The summed E-state index contributed by atoms with van der Waals surface area (Å²) in [7, 11) is 0. The first kappa shape index (κ1) is 14.4. The Kier molecular flexibility index (Phi) is 4.28. The summed E-state index contributed by atoms with van der Waals surface area (Å²) < 4.78 is 0. The zero-order valence-corrected chi connectivity index (χ0v) is 10.9. The van der Waals surface area contributed by atoms with Gasteiger partial charge in [0, 0.05) is 5.56 Å². The molecular weight excluding hydrogens is 271 g/mol. The number of halogens is 2. The zero-order chi connectivity index (χ0) is 11.1. The van der Waals surface area contributed by atoms with E-state index in [1.807, 2.05) is 30.3 Å². The molecule has 0 unspecified atom stereocenters. The minimum Gasteiger partial charge on any atom is -0.286 e. The lowest BCUT2D eigenvalue weighted by Gasteiger charge is -2.09. The van der Waals surface area contributed by atoms with Gasteiger partial charge < -0.3 is 0 Å². The second kappa shape index (κ2) is 5.34. The number of Topliss-reactive ketones (excluding diaryl/α,β-unsaturated/α-hetero) is 1. The second-order valence-corrected chi connectivity index (χ2v) is 3.81. The summed E-state index contributed by atoms with van der Waals surface area (Å²) in [5, 5.41) is 2.06. The van der Waals surface area contributed by atoms with Gasteiger partial charge in [-0.05, 0) is 34.5 Å². The number of rotatable bonds is 0. The van der Waals surface area contributed by atoms with Gasteiger partial charge in [0.15, 0.2) is 0 Å². The van der Waals surface area contributed by atoms with Gasteiger partial charge in [-0.25, -0.2) is 0 Å². The van der Waals surface area contributed by atoms with Crippen molar-refractivity contribution in [1.29, 1.82) is 0 Å². The first-order chi connectivity index (χ1) is 7.75. The monoisotopic (exact) mass is 280 g/mol. The number of allylic oxidation sites excluding steroid dienone is 1. The molecule has 0 aliphatic heterocycles. The molecule has 0 saturated carbocycles. The fourth-order valence-corrected chi connectivity index (χ4v) is 1.97. The Morgan fingerprint density at radius 3 is 2.06 bits per heavy atom. The van der Waals surface area contributed by atoms with E-state index in [1.165, 1.54) is 6.08 Å². The van der Waals surface area contributed by atoms with Gasteiger partial charge in [-0.2, -0.15) is 0 Å². The molecule has 3 rings (SSSR count). The predicted octanol–water partition coefficient (Wildman–Crippen LogP) is 3.46. The third-order valence-corrected chi connectivity index (χ3v) is 2.80. The molecule has 0 N–H and O–H groups in total. The van der Waals surface area contributed by atoms with Gasteiger partial charge >= 0.3 is 0 Å². The molecule has 0 amide bonds. The highest BCUT2D eigenvalue weighted by Crippen LogP contribution is 2.24. The predicted molar refractivity (Wildman–Crippen MR) is 76.8 cm³/mol. The van der Waals surface area contributed by atoms with E-state index in [9.17, 15) is 9.59 Å². The van der Waals surface area contributed by atoms with Crippen molar-refractivity contribution < 1.29 is 9.59 Å². The normalized spacial score (nSPS) is 12.7. The van der Waals surface area contributed by atoms with Crippen LogP contribution in [0.25, 0.3) is 16.8 Å². The van der Waals surface area contributed by atoms with E-state index in [0.717, 1.165) is 16.3 Å². The molecule has 0 heterocycles. The fraction of sp³-hybridized carbons (Fsp3) is 0. The van der Waals surface area contributed by atoms with E-state index >= 15 is 0 Å². The Bertz CT molecular complexity index is 660. The molecule has 2 aromatic rings. The molecule has 18 heavy (non-hydrogen) atoms. The molecular formula is C14H10Cl2O2. The maximum Gasteiger partial charge on any atom is 0.233 e. The van der Waals surface area contributed by atoms with Crippen LogP contribution in [-0.4, -0.2) is 11.6 Å². The molecule has 1 aliphatic rings. The molecule has 0 atom stereocenters. The second-order valence-electron chi connectivity index (χ2n) is 3.81. The van der Waals surface area contributed by atoms with Crippen molar-refractivity contribution in [3.8, 4) is 0 Å². The Morgan fingerprint density at radius 2 is 1.39 bits per heavy atom. The lowest BCUT2D eigenvalue weighted by molar-refractivity contribution is -0.110. The lowest BCUT2D eigenvalue weighted by Crippen LogP contribution is -2.15. The first-order valence-corrected chi connectivity index (χ1v) is 5.05. The zero-order valence-electron chi connectivity index (χ0n) is 9.25. The molecule has 2 aromatic carbocycles. The van der Waals surface area contributed by atoms with Crippen LogP contribution in [0.2, 0.25) is 0 Å². The standard InChI is InChI=1S/C14H8O2.2ClH/c15-13-6-5-11-7-9-3-1-2-4-10(9)8-12(11)14(13)16;;/h1-8H;2*1H. The van der Waals surface area contributed by atoms with Crippen molar-refractivity contribution in [2.45, 2.75) is 0 Å². The smallest absolute Gasteiger partial charge is 0.233 e. The summed E-state index contributed by atoms with van der Waals surface area (Å²) in [4.78, 5) is 22.9. The van der Waals surface area contributed by atoms with Gasteiger partial charge in [-0.1, -0.05) is 30.3 Å². The average molecular weight is 281 g/mol.